The van der Waals surface area contributed by atoms with E-state index in [0.717, 1.165) is 36.0 Å². The van der Waals surface area contributed by atoms with Crippen molar-refractivity contribution in [3.63, 3.8) is 0 Å². The number of nitrogens with zero attached hydrogens (tertiary/aromatic N) is 1. The zero-order chi connectivity index (χ0) is 12.5. The molecule has 92 valence electrons. The van der Waals surface area contributed by atoms with Crippen LogP contribution in [0.15, 0.2) is 42.1 Å². The number of benzene rings is 1. The molecule has 1 aromatic heterocycles. The summed E-state index contributed by atoms with van der Waals surface area (Å²) < 4.78 is 0. The van der Waals surface area contributed by atoms with Crippen molar-refractivity contribution < 1.29 is 4.79 Å². The molecule has 0 radical (unpaired) electrons. The number of hydrogen-bond acceptors (Lipinski definition) is 1. The van der Waals surface area contributed by atoms with Crippen molar-refractivity contribution in [1.82, 2.24) is 9.88 Å². The highest BCUT2D eigenvalue weighted by atomic mass is 16.2. The lowest BCUT2D eigenvalue weighted by Gasteiger charge is -2.26. The summed E-state index contributed by atoms with van der Waals surface area (Å²) in [5, 5.41) is 1.09. The predicted molar refractivity (Wildman–Crippen MR) is 72.6 cm³/mol. The van der Waals surface area contributed by atoms with Gasteiger partial charge in [-0.2, -0.15) is 0 Å². The number of carbonyl (C=O) groups is 1. The summed E-state index contributed by atoms with van der Waals surface area (Å²) in [5.41, 5.74) is 3.12. The van der Waals surface area contributed by atoms with Gasteiger partial charge in [0.05, 0.1) is 0 Å². The lowest BCUT2D eigenvalue weighted by molar-refractivity contribution is 0.0766. The second kappa shape index (κ2) is 4.33. The van der Waals surface area contributed by atoms with Crippen LogP contribution < -0.4 is 0 Å². The van der Waals surface area contributed by atoms with Gasteiger partial charge in [0.25, 0.3) is 5.91 Å². The summed E-state index contributed by atoms with van der Waals surface area (Å²) in [6.45, 7) is 3.65. The minimum absolute atomic E-state index is 0.130. The second-order valence-corrected chi connectivity index (χ2v) is 4.85. The van der Waals surface area contributed by atoms with Gasteiger partial charge in [-0.3, -0.25) is 4.79 Å². The standard InChI is InChI=1S/C15H16N2O/c1-11-3-2-8-17(10-11)15(18)13-4-5-14-12(9-13)6-7-16-14/h3-7,9,16H,2,8,10H2,1H3. The van der Waals surface area contributed by atoms with E-state index in [9.17, 15) is 4.79 Å². The number of aromatic nitrogens is 1. The molecule has 1 amide bonds. The van der Waals surface area contributed by atoms with Gasteiger partial charge in [-0.15, -0.1) is 0 Å². The van der Waals surface area contributed by atoms with Crippen LogP contribution in [-0.4, -0.2) is 28.9 Å². The maximum absolute atomic E-state index is 12.4. The van der Waals surface area contributed by atoms with Crippen molar-refractivity contribution in [1.29, 1.82) is 0 Å². The molecule has 3 rings (SSSR count). The average Bonchev–Trinajstić information content (AvgIpc) is 2.85. The highest BCUT2D eigenvalue weighted by Crippen LogP contribution is 2.18. The smallest absolute Gasteiger partial charge is 0.254 e. The predicted octanol–water partition coefficient (Wildman–Crippen LogP) is 2.96. The van der Waals surface area contributed by atoms with Crippen LogP contribution in [-0.2, 0) is 0 Å². The minimum Gasteiger partial charge on any atom is -0.361 e. The number of amides is 1. The summed E-state index contributed by atoms with van der Waals surface area (Å²) in [5.74, 6) is 0.130. The van der Waals surface area contributed by atoms with Crippen LogP contribution in [0.1, 0.15) is 23.7 Å². The van der Waals surface area contributed by atoms with Crippen molar-refractivity contribution in [3.8, 4) is 0 Å². The van der Waals surface area contributed by atoms with Crippen LogP contribution in [0.25, 0.3) is 10.9 Å². The zero-order valence-corrected chi connectivity index (χ0v) is 10.4. The Bertz CT molecular complexity index is 624. The molecule has 3 heteroatoms. The molecule has 0 spiro atoms. The van der Waals surface area contributed by atoms with E-state index < -0.39 is 0 Å². The van der Waals surface area contributed by atoms with Crippen molar-refractivity contribution >= 4 is 16.8 Å². The van der Waals surface area contributed by atoms with Crippen molar-refractivity contribution in [2.75, 3.05) is 13.1 Å². The first kappa shape index (κ1) is 11.1. The Morgan fingerprint density at radius 1 is 1.33 bits per heavy atom. The molecule has 0 atom stereocenters. The molecule has 3 nitrogen and oxygen atoms in total. The molecule has 1 N–H and O–H groups in total. The van der Waals surface area contributed by atoms with Crippen LogP contribution in [0, 0.1) is 0 Å². The van der Waals surface area contributed by atoms with E-state index >= 15 is 0 Å². The fraction of sp³-hybridized carbons (Fsp3) is 0.267. The normalized spacial score (nSPS) is 15.8. The fourth-order valence-corrected chi connectivity index (χ4v) is 2.45. The molecule has 1 aliphatic rings. The monoisotopic (exact) mass is 240 g/mol. The van der Waals surface area contributed by atoms with E-state index in [0.29, 0.717) is 0 Å². The first-order chi connectivity index (χ1) is 8.74. The van der Waals surface area contributed by atoms with Gasteiger partial charge < -0.3 is 9.88 Å². The number of carbonyl (C=O) groups excluding carboxylic acids is 1. The fourth-order valence-electron chi connectivity index (χ4n) is 2.45. The summed E-state index contributed by atoms with van der Waals surface area (Å²) >= 11 is 0. The van der Waals surface area contributed by atoms with Gasteiger partial charge in [0.15, 0.2) is 0 Å². The summed E-state index contributed by atoms with van der Waals surface area (Å²) in [6.07, 6.45) is 5.07. The first-order valence-electron chi connectivity index (χ1n) is 6.26. The average molecular weight is 240 g/mol. The molecule has 2 heterocycles. The van der Waals surface area contributed by atoms with Crippen LogP contribution in [0.2, 0.25) is 0 Å². The molecule has 0 saturated heterocycles. The van der Waals surface area contributed by atoms with Crippen molar-refractivity contribution in [2.24, 2.45) is 0 Å². The van der Waals surface area contributed by atoms with E-state index in [1.165, 1.54) is 5.57 Å². The van der Waals surface area contributed by atoms with Crippen LogP contribution in [0.4, 0.5) is 0 Å². The largest absolute Gasteiger partial charge is 0.361 e. The molecule has 0 bridgehead atoms. The van der Waals surface area contributed by atoms with Gasteiger partial charge in [-0.1, -0.05) is 11.6 Å². The lowest BCUT2D eigenvalue weighted by Crippen LogP contribution is -2.35. The molecule has 0 fully saturated rings. The van der Waals surface area contributed by atoms with Gasteiger partial charge in [0.1, 0.15) is 0 Å². The third-order valence-electron chi connectivity index (χ3n) is 3.42. The van der Waals surface area contributed by atoms with E-state index in [1.807, 2.05) is 35.4 Å². The molecular formula is C15H16N2O. The Balaban J connectivity index is 1.89. The second-order valence-electron chi connectivity index (χ2n) is 4.85. The Kier molecular flexibility index (Phi) is 2.67. The van der Waals surface area contributed by atoms with E-state index in [4.69, 9.17) is 0 Å². The molecule has 1 aliphatic heterocycles. The molecule has 18 heavy (non-hydrogen) atoms. The van der Waals surface area contributed by atoms with Crippen molar-refractivity contribution in [3.05, 3.63) is 47.7 Å². The van der Waals surface area contributed by atoms with Crippen LogP contribution in [0.3, 0.4) is 0 Å². The Labute approximate surface area is 106 Å². The summed E-state index contributed by atoms with van der Waals surface area (Å²) in [6, 6.07) is 7.82. The Morgan fingerprint density at radius 3 is 3.06 bits per heavy atom. The van der Waals surface area contributed by atoms with Crippen LogP contribution in [0.5, 0.6) is 0 Å². The molecule has 0 aliphatic carbocycles. The highest BCUT2D eigenvalue weighted by Gasteiger charge is 2.18. The van der Waals surface area contributed by atoms with Gasteiger partial charge in [-0.05, 0) is 37.6 Å². The maximum Gasteiger partial charge on any atom is 0.254 e. The lowest BCUT2D eigenvalue weighted by atomic mass is 10.1. The van der Waals surface area contributed by atoms with Crippen LogP contribution >= 0.6 is 0 Å². The zero-order valence-electron chi connectivity index (χ0n) is 10.4. The SMILES string of the molecule is CC1=CCCN(C(=O)c2ccc3[nH]ccc3c2)C1. The number of nitrogens with one attached hydrogen (secondary N) is 1. The number of hydrogen-bond donors (Lipinski definition) is 1. The quantitative estimate of drug-likeness (QED) is 0.764. The van der Waals surface area contributed by atoms with Crippen molar-refractivity contribution in [2.45, 2.75) is 13.3 Å². The number of rotatable bonds is 1. The summed E-state index contributed by atoms with van der Waals surface area (Å²) in [7, 11) is 0. The van der Waals surface area contributed by atoms with E-state index in [-0.39, 0.29) is 5.91 Å². The number of aromatic amines is 1. The minimum atomic E-state index is 0.130. The molecule has 0 unspecified atom stereocenters. The topological polar surface area (TPSA) is 36.1 Å². The first-order valence-corrected chi connectivity index (χ1v) is 6.26. The maximum atomic E-state index is 12.4. The van der Waals surface area contributed by atoms with Gasteiger partial charge in [-0.25, -0.2) is 0 Å². The molecule has 2 aromatic rings. The van der Waals surface area contributed by atoms with E-state index in [1.54, 1.807) is 0 Å². The van der Waals surface area contributed by atoms with Gasteiger partial charge in [0, 0.05) is 35.8 Å². The number of fused-ring (bicyclic) bond motifs is 1. The third-order valence-corrected chi connectivity index (χ3v) is 3.42. The molecule has 1 aromatic carbocycles. The molecular weight excluding hydrogens is 224 g/mol. The highest BCUT2D eigenvalue weighted by molar-refractivity contribution is 5.98. The van der Waals surface area contributed by atoms with Gasteiger partial charge in [0.2, 0.25) is 0 Å². The Hall–Kier alpha value is -2.03. The number of H-pyrrole nitrogens is 1. The van der Waals surface area contributed by atoms with Gasteiger partial charge >= 0.3 is 0 Å². The summed E-state index contributed by atoms with van der Waals surface area (Å²) in [4.78, 5) is 17.5. The third kappa shape index (κ3) is 1.92. The Morgan fingerprint density at radius 2 is 2.22 bits per heavy atom. The molecule has 0 saturated carbocycles. The van der Waals surface area contributed by atoms with E-state index in [2.05, 4.69) is 18.0 Å².